The Kier molecular flexibility index (Phi) is 6.08. The van der Waals surface area contributed by atoms with Crippen LogP contribution in [0.3, 0.4) is 0 Å². The van der Waals surface area contributed by atoms with E-state index in [0.29, 0.717) is 11.4 Å². The topological polar surface area (TPSA) is 87.3 Å². The quantitative estimate of drug-likeness (QED) is 0.763. The van der Waals surface area contributed by atoms with Crippen LogP contribution in [0.5, 0.6) is 0 Å². The van der Waals surface area contributed by atoms with Crippen molar-refractivity contribution in [2.75, 3.05) is 17.2 Å². The molecule has 0 fully saturated rings. The summed E-state index contributed by atoms with van der Waals surface area (Å²) in [5.41, 5.74) is 0.766. The van der Waals surface area contributed by atoms with Crippen molar-refractivity contribution in [1.29, 1.82) is 0 Å². The third-order valence-electron chi connectivity index (χ3n) is 3.09. The smallest absolute Gasteiger partial charge is 0.256 e. The minimum Gasteiger partial charge on any atom is -0.343 e. The summed E-state index contributed by atoms with van der Waals surface area (Å²) in [6.45, 7) is 1.04. The average molecular weight is 364 g/mol. The van der Waals surface area contributed by atoms with Crippen LogP contribution in [0.15, 0.2) is 42.5 Å². The predicted molar refractivity (Wildman–Crippen MR) is 93.1 cm³/mol. The minimum absolute atomic E-state index is 0.0357. The highest BCUT2D eigenvalue weighted by molar-refractivity contribution is 6.33. The molecule has 0 aliphatic carbocycles. The van der Waals surface area contributed by atoms with Gasteiger partial charge in [-0.3, -0.25) is 14.4 Å². The van der Waals surface area contributed by atoms with E-state index in [9.17, 15) is 18.8 Å². The van der Waals surface area contributed by atoms with Crippen LogP contribution >= 0.6 is 11.6 Å². The van der Waals surface area contributed by atoms with Gasteiger partial charge in [0, 0.05) is 18.3 Å². The number of carbonyl (C=O) groups is 3. The van der Waals surface area contributed by atoms with Crippen molar-refractivity contribution >= 4 is 40.7 Å². The Hall–Kier alpha value is -2.93. The zero-order valence-corrected chi connectivity index (χ0v) is 14.0. The van der Waals surface area contributed by atoms with Crippen LogP contribution in [0.4, 0.5) is 15.8 Å². The molecule has 0 aliphatic heterocycles. The molecule has 0 aromatic heterocycles. The largest absolute Gasteiger partial charge is 0.343 e. The van der Waals surface area contributed by atoms with Gasteiger partial charge in [0.05, 0.1) is 17.1 Å². The molecule has 0 saturated heterocycles. The lowest BCUT2D eigenvalue weighted by Gasteiger charge is -2.09. The summed E-state index contributed by atoms with van der Waals surface area (Å²) in [7, 11) is 0. The summed E-state index contributed by atoms with van der Waals surface area (Å²) in [5, 5.41) is 7.43. The van der Waals surface area contributed by atoms with Crippen LogP contribution in [0, 0.1) is 5.82 Å². The highest BCUT2D eigenvalue weighted by atomic mass is 35.5. The standard InChI is InChI=1S/C17H15ClFN3O3/c1-10(23)21-11-5-7-12(8-6-11)22-15(24)9-20-17(25)16-13(18)3-2-4-14(16)19/h2-8H,9H2,1H3,(H,20,25)(H,21,23)(H,22,24). The molecule has 0 spiro atoms. The van der Waals surface area contributed by atoms with Gasteiger partial charge in [-0.2, -0.15) is 0 Å². The first-order valence-electron chi connectivity index (χ1n) is 7.26. The van der Waals surface area contributed by atoms with E-state index in [1.165, 1.54) is 19.1 Å². The number of halogens is 2. The molecule has 0 radical (unpaired) electrons. The van der Waals surface area contributed by atoms with Gasteiger partial charge in [0.2, 0.25) is 11.8 Å². The monoisotopic (exact) mass is 363 g/mol. The molecule has 0 heterocycles. The molecule has 0 unspecified atom stereocenters. The van der Waals surface area contributed by atoms with Crippen LogP contribution in [-0.4, -0.2) is 24.3 Å². The van der Waals surface area contributed by atoms with Gasteiger partial charge in [-0.1, -0.05) is 17.7 Å². The Morgan fingerprint density at radius 2 is 1.60 bits per heavy atom. The van der Waals surface area contributed by atoms with Gasteiger partial charge in [-0.05, 0) is 36.4 Å². The highest BCUT2D eigenvalue weighted by Crippen LogP contribution is 2.18. The van der Waals surface area contributed by atoms with Gasteiger partial charge in [-0.15, -0.1) is 0 Å². The van der Waals surface area contributed by atoms with Gasteiger partial charge in [0.25, 0.3) is 5.91 Å². The Morgan fingerprint density at radius 1 is 1.00 bits per heavy atom. The summed E-state index contributed by atoms with van der Waals surface area (Å²) < 4.78 is 13.6. The molecule has 2 aromatic carbocycles. The van der Waals surface area contributed by atoms with Crippen LogP contribution in [-0.2, 0) is 9.59 Å². The molecule has 25 heavy (non-hydrogen) atoms. The Bertz CT molecular complexity index is 789. The van der Waals surface area contributed by atoms with Crippen LogP contribution in [0.25, 0.3) is 0 Å². The van der Waals surface area contributed by atoms with Gasteiger partial charge < -0.3 is 16.0 Å². The van der Waals surface area contributed by atoms with E-state index in [-0.39, 0.29) is 23.0 Å². The summed E-state index contributed by atoms with van der Waals surface area (Å²) in [6.07, 6.45) is 0. The van der Waals surface area contributed by atoms with E-state index in [4.69, 9.17) is 11.6 Å². The first-order chi connectivity index (χ1) is 11.9. The maximum atomic E-state index is 13.6. The van der Waals surface area contributed by atoms with E-state index in [1.54, 1.807) is 24.3 Å². The number of benzene rings is 2. The van der Waals surface area contributed by atoms with Gasteiger partial charge >= 0.3 is 0 Å². The molecule has 3 amide bonds. The molecule has 2 aromatic rings. The lowest BCUT2D eigenvalue weighted by Crippen LogP contribution is -2.33. The normalized spacial score (nSPS) is 10.0. The van der Waals surface area contributed by atoms with E-state index in [2.05, 4.69) is 16.0 Å². The minimum atomic E-state index is -0.778. The van der Waals surface area contributed by atoms with Crippen molar-refractivity contribution in [2.45, 2.75) is 6.92 Å². The molecule has 0 atom stereocenters. The molecular formula is C17H15ClFN3O3. The van der Waals surface area contributed by atoms with Crippen molar-refractivity contribution in [3.05, 3.63) is 58.9 Å². The first-order valence-corrected chi connectivity index (χ1v) is 7.64. The number of nitrogens with one attached hydrogen (secondary N) is 3. The van der Waals surface area contributed by atoms with E-state index < -0.39 is 17.6 Å². The van der Waals surface area contributed by atoms with E-state index in [0.717, 1.165) is 6.07 Å². The lowest BCUT2D eigenvalue weighted by atomic mass is 10.2. The second-order valence-corrected chi connectivity index (χ2v) is 5.49. The van der Waals surface area contributed by atoms with Gasteiger partial charge in [0.1, 0.15) is 5.82 Å². The van der Waals surface area contributed by atoms with Crippen molar-refractivity contribution < 1.29 is 18.8 Å². The van der Waals surface area contributed by atoms with Gasteiger partial charge in [-0.25, -0.2) is 4.39 Å². The number of anilines is 2. The molecule has 130 valence electrons. The molecule has 6 nitrogen and oxygen atoms in total. The molecule has 2 rings (SSSR count). The Balaban J connectivity index is 1.90. The number of hydrogen-bond acceptors (Lipinski definition) is 3. The highest BCUT2D eigenvalue weighted by Gasteiger charge is 2.16. The summed E-state index contributed by atoms with van der Waals surface area (Å²) in [4.78, 5) is 34.7. The fourth-order valence-electron chi connectivity index (χ4n) is 2.01. The summed E-state index contributed by atoms with van der Waals surface area (Å²) in [5.74, 6) is -2.24. The van der Waals surface area contributed by atoms with Crippen LogP contribution in [0.1, 0.15) is 17.3 Å². The van der Waals surface area contributed by atoms with Crippen molar-refractivity contribution in [3.8, 4) is 0 Å². The van der Waals surface area contributed by atoms with Crippen molar-refractivity contribution in [1.82, 2.24) is 5.32 Å². The number of amides is 3. The van der Waals surface area contributed by atoms with Gasteiger partial charge in [0.15, 0.2) is 0 Å². The fraction of sp³-hybridized carbons (Fsp3) is 0.118. The predicted octanol–water partition coefficient (Wildman–Crippen LogP) is 2.81. The van der Waals surface area contributed by atoms with Crippen molar-refractivity contribution in [3.63, 3.8) is 0 Å². The summed E-state index contributed by atoms with van der Waals surface area (Å²) >= 11 is 5.79. The lowest BCUT2D eigenvalue weighted by molar-refractivity contribution is -0.115. The summed E-state index contributed by atoms with van der Waals surface area (Å²) in [6, 6.07) is 10.3. The number of hydrogen-bond donors (Lipinski definition) is 3. The molecule has 0 aliphatic rings. The molecular weight excluding hydrogens is 349 g/mol. The molecule has 0 bridgehead atoms. The zero-order valence-electron chi connectivity index (χ0n) is 13.2. The van der Waals surface area contributed by atoms with Crippen LogP contribution in [0.2, 0.25) is 5.02 Å². The second-order valence-electron chi connectivity index (χ2n) is 5.09. The van der Waals surface area contributed by atoms with Crippen molar-refractivity contribution in [2.24, 2.45) is 0 Å². The van der Waals surface area contributed by atoms with Crippen LogP contribution < -0.4 is 16.0 Å². The van der Waals surface area contributed by atoms with E-state index in [1.807, 2.05) is 0 Å². The third-order valence-corrected chi connectivity index (χ3v) is 3.40. The fourth-order valence-corrected chi connectivity index (χ4v) is 2.26. The Labute approximate surface area is 148 Å². The van der Waals surface area contributed by atoms with E-state index >= 15 is 0 Å². The average Bonchev–Trinajstić information content (AvgIpc) is 2.54. The SMILES string of the molecule is CC(=O)Nc1ccc(NC(=O)CNC(=O)c2c(F)cccc2Cl)cc1. The molecule has 3 N–H and O–H groups in total. The first kappa shape index (κ1) is 18.4. The number of rotatable bonds is 5. The second kappa shape index (κ2) is 8.25. The molecule has 8 heteroatoms. The Morgan fingerprint density at radius 3 is 2.16 bits per heavy atom. The third kappa shape index (κ3) is 5.29. The zero-order chi connectivity index (χ0) is 18.4. The molecule has 0 saturated carbocycles. The number of carbonyl (C=O) groups excluding carboxylic acids is 3. The maximum Gasteiger partial charge on any atom is 0.256 e. The maximum absolute atomic E-state index is 13.6.